The van der Waals surface area contributed by atoms with Crippen molar-refractivity contribution >= 4 is 27.5 Å². The summed E-state index contributed by atoms with van der Waals surface area (Å²) in [5.74, 6) is 0.107. The summed E-state index contributed by atoms with van der Waals surface area (Å²) >= 11 is 6.22. The van der Waals surface area contributed by atoms with E-state index in [4.69, 9.17) is 11.6 Å². The molecule has 1 saturated heterocycles. The van der Waals surface area contributed by atoms with E-state index in [1.54, 1.807) is 24.3 Å². The molecule has 0 bridgehead atoms. The van der Waals surface area contributed by atoms with Gasteiger partial charge in [0, 0.05) is 18.1 Å². The molecule has 3 rings (SSSR count). The van der Waals surface area contributed by atoms with Gasteiger partial charge in [-0.25, -0.2) is 13.1 Å². The van der Waals surface area contributed by atoms with Crippen molar-refractivity contribution in [3.8, 4) is 0 Å². The summed E-state index contributed by atoms with van der Waals surface area (Å²) in [6, 6.07) is 14.1. The van der Waals surface area contributed by atoms with E-state index in [0.717, 1.165) is 30.5 Å². The lowest BCUT2D eigenvalue weighted by Gasteiger charge is -2.32. The fraction of sp³-hybridized carbons (Fsp3) is 0.435. The fourth-order valence-electron chi connectivity index (χ4n) is 3.88. The van der Waals surface area contributed by atoms with Gasteiger partial charge in [-0.3, -0.25) is 9.69 Å². The van der Waals surface area contributed by atoms with Crippen LogP contribution in [0.15, 0.2) is 53.4 Å². The predicted molar refractivity (Wildman–Crippen MR) is 124 cm³/mol. The van der Waals surface area contributed by atoms with E-state index in [0.29, 0.717) is 18.1 Å². The second kappa shape index (κ2) is 10.6. The lowest BCUT2D eigenvalue weighted by atomic mass is 9.98. The number of sulfonamides is 1. The molecule has 168 valence electrons. The van der Waals surface area contributed by atoms with E-state index < -0.39 is 10.0 Å². The van der Waals surface area contributed by atoms with Crippen LogP contribution in [0.3, 0.4) is 0 Å². The minimum atomic E-state index is -3.53. The number of hydrogen-bond acceptors (Lipinski definition) is 4. The molecule has 31 heavy (non-hydrogen) atoms. The monoisotopic (exact) mass is 463 g/mol. The molecule has 0 spiro atoms. The Morgan fingerprint density at radius 2 is 1.90 bits per heavy atom. The van der Waals surface area contributed by atoms with Crippen LogP contribution >= 0.6 is 11.6 Å². The Hall–Kier alpha value is -1.93. The van der Waals surface area contributed by atoms with Crippen molar-refractivity contribution in [1.82, 2.24) is 14.9 Å². The van der Waals surface area contributed by atoms with Crippen LogP contribution in [0.25, 0.3) is 0 Å². The van der Waals surface area contributed by atoms with Crippen molar-refractivity contribution in [3.63, 3.8) is 0 Å². The zero-order chi connectivity index (χ0) is 22.4. The highest BCUT2D eigenvalue weighted by Gasteiger charge is 2.24. The quantitative estimate of drug-likeness (QED) is 0.627. The van der Waals surface area contributed by atoms with Crippen LogP contribution in [0, 0.1) is 12.8 Å². The zero-order valence-electron chi connectivity index (χ0n) is 18.0. The number of carbonyl (C=O) groups excluding carboxylic acids is 1. The Kier molecular flexibility index (Phi) is 8.11. The van der Waals surface area contributed by atoms with Crippen molar-refractivity contribution in [3.05, 3.63) is 64.7 Å². The van der Waals surface area contributed by atoms with Gasteiger partial charge in [-0.2, -0.15) is 0 Å². The number of benzene rings is 2. The van der Waals surface area contributed by atoms with Gasteiger partial charge in [0.1, 0.15) is 0 Å². The first kappa shape index (κ1) is 23.7. The lowest BCUT2D eigenvalue weighted by molar-refractivity contribution is -0.123. The van der Waals surface area contributed by atoms with Gasteiger partial charge >= 0.3 is 0 Å². The number of likely N-dealkylation sites (tertiary alicyclic amines) is 1. The molecule has 1 aliphatic rings. The number of nitrogens with zero attached hydrogens (tertiary/aromatic N) is 1. The second-order valence-corrected chi connectivity index (χ2v) is 10.4. The SMILES string of the molecule is Cc1ccc(S(=O)(=O)NCC2CCCN(CC(=O)NC(C)c3ccccc3Cl)C2)cc1. The topological polar surface area (TPSA) is 78.5 Å². The zero-order valence-corrected chi connectivity index (χ0v) is 19.5. The van der Waals surface area contributed by atoms with Crippen molar-refractivity contribution in [2.45, 2.75) is 37.6 Å². The summed E-state index contributed by atoms with van der Waals surface area (Å²) < 4.78 is 27.8. The van der Waals surface area contributed by atoms with Gasteiger partial charge in [0.25, 0.3) is 0 Å². The molecule has 0 radical (unpaired) electrons. The molecule has 1 fully saturated rings. The Morgan fingerprint density at radius 1 is 1.19 bits per heavy atom. The number of rotatable bonds is 8. The van der Waals surface area contributed by atoms with Crippen molar-refractivity contribution in [2.24, 2.45) is 5.92 Å². The van der Waals surface area contributed by atoms with Crippen LogP contribution < -0.4 is 10.0 Å². The third kappa shape index (κ3) is 6.77. The maximum Gasteiger partial charge on any atom is 0.240 e. The van der Waals surface area contributed by atoms with E-state index in [2.05, 4.69) is 14.9 Å². The summed E-state index contributed by atoms with van der Waals surface area (Å²) in [4.78, 5) is 14.9. The van der Waals surface area contributed by atoms with E-state index in [1.807, 2.05) is 38.1 Å². The average molecular weight is 464 g/mol. The minimum Gasteiger partial charge on any atom is -0.348 e. The average Bonchev–Trinajstić information content (AvgIpc) is 2.73. The predicted octanol–water partition coefficient (Wildman–Crippen LogP) is 3.52. The van der Waals surface area contributed by atoms with Gasteiger partial charge in [0.2, 0.25) is 15.9 Å². The first-order chi connectivity index (χ1) is 14.7. The molecule has 2 unspecified atom stereocenters. The molecule has 8 heteroatoms. The second-order valence-electron chi connectivity index (χ2n) is 8.22. The maximum atomic E-state index is 12.5. The van der Waals surface area contributed by atoms with Gasteiger partial charge in [0.15, 0.2) is 0 Å². The molecule has 2 aromatic rings. The summed E-state index contributed by atoms with van der Waals surface area (Å²) in [5, 5.41) is 3.64. The standard InChI is InChI=1S/C23H30ClN3O3S/c1-17-9-11-20(12-10-17)31(29,30)25-14-19-6-5-13-27(15-19)16-23(28)26-18(2)21-7-3-4-8-22(21)24/h3-4,7-12,18-19,25H,5-6,13-16H2,1-2H3,(H,26,28). The molecule has 2 aromatic carbocycles. The number of piperidine rings is 1. The number of hydrogen-bond donors (Lipinski definition) is 2. The van der Waals surface area contributed by atoms with Crippen LogP contribution in [-0.4, -0.2) is 45.4 Å². The third-order valence-electron chi connectivity index (χ3n) is 5.61. The Morgan fingerprint density at radius 3 is 2.61 bits per heavy atom. The normalized spacial score (nSPS) is 18.5. The number of amides is 1. The summed E-state index contributed by atoms with van der Waals surface area (Å²) in [5.41, 5.74) is 1.91. The molecule has 1 amide bonds. The van der Waals surface area contributed by atoms with Gasteiger partial charge < -0.3 is 5.32 Å². The number of nitrogens with one attached hydrogen (secondary N) is 2. The molecule has 0 aliphatic carbocycles. The van der Waals surface area contributed by atoms with Crippen molar-refractivity contribution < 1.29 is 13.2 Å². The molecule has 2 atom stereocenters. The molecule has 6 nitrogen and oxygen atoms in total. The lowest BCUT2D eigenvalue weighted by Crippen LogP contribution is -2.45. The molecule has 1 aliphatic heterocycles. The van der Waals surface area contributed by atoms with Crippen molar-refractivity contribution in [2.75, 3.05) is 26.2 Å². The summed E-state index contributed by atoms with van der Waals surface area (Å²) in [6.07, 6.45) is 1.87. The largest absolute Gasteiger partial charge is 0.348 e. The first-order valence-corrected chi connectivity index (χ1v) is 12.4. The highest BCUT2D eigenvalue weighted by atomic mass is 35.5. The minimum absolute atomic E-state index is 0.0618. The molecule has 0 aromatic heterocycles. The molecule has 1 heterocycles. The fourth-order valence-corrected chi connectivity index (χ4v) is 5.30. The van der Waals surface area contributed by atoms with E-state index >= 15 is 0 Å². The Labute approximate surface area is 190 Å². The van der Waals surface area contributed by atoms with E-state index in [9.17, 15) is 13.2 Å². The van der Waals surface area contributed by atoms with E-state index in [1.165, 1.54) is 0 Å². The highest BCUT2D eigenvalue weighted by Crippen LogP contribution is 2.22. The van der Waals surface area contributed by atoms with E-state index in [-0.39, 0.29) is 29.3 Å². The van der Waals surface area contributed by atoms with Crippen molar-refractivity contribution in [1.29, 1.82) is 0 Å². The highest BCUT2D eigenvalue weighted by molar-refractivity contribution is 7.89. The molecular weight excluding hydrogens is 434 g/mol. The summed E-state index contributed by atoms with van der Waals surface area (Å²) in [6.45, 7) is 6.00. The smallest absolute Gasteiger partial charge is 0.240 e. The maximum absolute atomic E-state index is 12.5. The number of carbonyl (C=O) groups is 1. The van der Waals surface area contributed by atoms with Gasteiger partial charge in [0.05, 0.1) is 17.5 Å². The van der Waals surface area contributed by atoms with Gasteiger partial charge in [-0.1, -0.05) is 47.5 Å². The molecule has 0 saturated carbocycles. The van der Waals surface area contributed by atoms with Crippen LogP contribution in [-0.2, 0) is 14.8 Å². The first-order valence-electron chi connectivity index (χ1n) is 10.6. The van der Waals surface area contributed by atoms with Crippen LogP contribution in [0.4, 0.5) is 0 Å². The third-order valence-corrected chi connectivity index (χ3v) is 7.40. The number of halogens is 1. The van der Waals surface area contributed by atoms with Gasteiger partial charge in [-0.05, 0) is 62.9 Å². The van der Waals surface area contributed by atoms with Gasteiger partial charge in [-0.15, -0.1) is 0 Å². The molecule has 2 N–H and O–H groups in total. The van der Waals surface area contributed by atoms with Crippen LogP contribution in [0.2, 0.25) is 5.02 Å². The summed E-state index contributed by atoms with van der Waals surface area (Å²) in [7, 11) is -3.53. The Balaban J connectivity index is 1.49. The van der Waals surface area contributed by atoms with Crippen LogP contribution in [0.5, 0.6) is 0 Å². The molecular formula is C23H30ClN3O3S. The Bertz CT molecular complexity index is 995. The van der Waals surface area contributed by atoms with Crippen LogP contribution in [0.1, 0.15) is 36.9 Å². The number of aryl methyl sites for hydroxylation is 1.